The summed E-state index contributed by atoms with van der Waals surface area (Å²) in [5.41, 5.74) is 4.61. The maximum Gasteiger partial charge on any atom is 0.191 e. The number of nitrogens with one attached hydrogen (secondary N) is 2. The van der Waals surface area contributed by atoms with Gasteiger partial charge in [-0.25, -0.2) is 0 Å². The predicted octanol–water partition coefficient (Wildman–Crippen LogP) is 4.00. The molecular formula is C19H28IN3. The third-order valence-electron chi connectivity index (χ3n) is 4.82. The van der Waals surface area contributed by atoms with E-state index in [-0.39, 0.29) is 24.0 Å². The highest BCUT2D eigenvalue weighted by molar-refractivity contribution is 14.0. The zero-order valence-electron chi connectivity index (χ0n) is 14.0. The van der Waals surface area contributed by atoms with Crippen molar-refractivity contribution in [2.75, 3.05) is 20.1 Å². The van der Waals surface area contributed by atoms with Crippen molar-refractivity contribution in [1.82, 2.24) is 10.6 Å². The molecule has 0 saturated heterocycles. The van der Waals surface area contributed by atoms with E-state index >= 15 is 0 Å². The monoisotopic (exact) mass is 425 g/mol. The average Bonchev–Trinajstić information content (AvgIpc) is 2.55. The molecule has 0 radical (unpaired) electrons. The smallest absolute Gasteiger partial charge is 0.191 e. The molecule has 0 fully saturated rings. The summed E-state index contributed by atoms with van der Waals surface area (Å²) in [5.74, 6) is 1.57. The van der Waals surface area contributed by atoms with E-state index in [1.54, 1.807) is 5.57 Å². The van der Waals surface area contributed by atoms with Crippen molar-refractivity contribution in [1.29, 1.82) is 0 Å². The fourth-order valence-corrected chi connectivity index (χ4v) is 3.46. The maximum absolute atomic E-state index is 4.33. The van der Waals surface area contributed by atoms with Crippen LogP contribution < -0.4 is 10.6 Å². The molecule has 4 heteroatoms. The van der Waals surface area contributed by atoms with Crippen molar-refractivity contribution in [3.63, 3.8) is 0 Å². The molecular weight excluding hydrogens is 397 g/mol. The number of halogens is 1. The van der Waals surface area contributed by atoms with E-state index in [1.165, 1.54) is 43.2 Å². The minimum atomic E-state index is 0. The third-order valence-corrected chi connectivity index (χ3v) is 4.82. The van der Waals surface area contributed by atoms with Crippen LogP contribution >= 0.6 is 24.0 Å². The van der Waals surface area contributed by atoms with Crippen LogP contribution in [0.1, 0.15) is 49.1 Å². The normalized spacial score (nSPS) is 19.8. The number of allylic oxidation sites excluding steroid dienone is 1. The second-order valence-corrected chi connectivity index (χ2v) is 6.34. The topological polar surface area (TPSA) is 36.4 Å². The SMILES string of the molecule is CN=C(NCCC1=CCCCC1)NCC1Cc2ccccc21.I. The van der Waals surface area contributed by atoms with Crippen LogP contribution in [-0.2, 0) is 6.42 Å². The summed E-state index contributed by atoms with van der Waals surface area (Å²) in [4.78, 5) is 4.33. The molecule has 3 nitrogen and oxygen atoms in total. The first-order valence-electron chi connectivity index (χ1n) is 8.57. The largest absolute Gasteiger partial charge is 0.356 e. The zero-order chi connectivity index (χ0) is 15.2. The molecule has 23 heavy (non-hydrogen) atoms. The molecule has 0 saturated carbocycles. The number of nitrogens with zero attached hydrogens (tertiary/aromatic N) is 1. The van der Waals surface area contributed by atoms with Gasteiger partial charge in [0.25, 0.3) is 0 Å². The predicted molar refractivity (Wildman–Crippen MR) is 109 cm³/mol. The number of hydrogen-bond acceptors (Lipinski definition) is 1. The Bertz CT molecular complexity index is 565. The van der Waals surface area contributed by atoms with E-state index < -0.39 is 0 Å². The standard InChI is InChI=1S/C19H27N3.HI/c1-20-19(21-12-11-15-7-3-2-4-8-15)22-14-17-13-16-9-5-6-10-18(16)17;/h5-7,9-10,17H,2-4,8,11-14H2,1H3,(H2,20,21,22);1H. The number of hydrogen-bond donors (Lipinski definition) is 2. The van der Waals surface area contributed by atoms with Crippen molar-refractivity contribution >= 4 is 29.9 Å². The molecule has 2 aliphatic rings. The summed E-state index contributed by atoms with van der Waals surface area (Å²) >= 11 is 0. The highest BCUT2D eigenvalue weighted by atomic mass is 127. The number of rotatable bonds is 5. The van der Waals surface area contributed by atoms with E-state index in [2.05, 4.69) is 46.0 Å². The fraction of sp³-hybridized carbons (Fsp3) is 0.526. The van der Waals surface area contributed by atoms with Crippen molar-refractivity contribution in [2.24, 2.45) is 4.99 Å². The molecule has 0 aromatic heterocycles. The Kier molecular flexibility index (Phi) is 7.40. The van der Waals surface area contributed by atoms with Gasteiger partial charge in [0.05, 0.1) is 0 Å². The quantitative estimate of drug-likeness (QED) is 0.324. The van der Waals surface area contributed by atoms with Crippen molar-refractivity contribution in [2.45, 2.75) is 44.4 Å². The molecule has 0 aliphatic heterocycles. The molecule has 126 valence electrons. The van der Waals surface area contributed by atoms with Crippen LogP contribution in [0.25, 0.3) is 0 Å². The minimum absolute atomic E-state index is 0. The summed E-state index contributed by atoms with van der Waals surface area (Å²) in [6.45, 7) is 1.95. The molecule has 1 atom stereocenters. The van der Waals surface area contributed by atoms with Crippen LogP contribution in [0.15, 0.2) is 40.9 Å². The fourth-order valence-electron chi connectivity index (χ4n) is 3.46. The van der Waals surface area contributed by atoms with Gasteiger partial charge in [-0.2, -0.15) is 0 Å². The van der Waals surface area contributed by atoms with Crippen LogP contribution in [0.2, 0.25) is 0 Å². The van der Waals surface area contributed by atoms with Crippen LogP contribution in [0.4, 0.5) is 0 Å². The lowest BCUT2D eigenvalue weighted by atomic mass is 9.78. The summed E-state index contributed by atoms with van der Waals surface area (Å²) in [6, 6.07) is 8.74. The average molecular weight is 425 g/mol. The molecule has 0 bridgehead atoms. The first kappa shape index (κ1) is 18.3. The Balaban J connectivity index is 0.00000192. The Morgan fingerprint density at radius 2 is 2.09 bits per heavy atom. The number of aliphatic imine (C=N–C) groups is 1. The molecule has 2 N–H and O–H groups in total. The van der Waals surface area contributed by atoms with Crippen LogP contribution in [0, 0.1) is 0 Å². The van der Waals surface area contributed by atoms with Crippen LogP contribution in [0.5, 0.6) is 0 Å². The third kappa shape index (κ3) is 4.96. The lowest BCUT2D eigenvalue weighted by molar-refractivity contribution is 0.583. The van der Waals surface area contributed by atoms with Gasteiger partial charge in [-0.15, -0.1) is 24.0 Å². The van der Waals surface area contributed by atoms with Gasteiger partial charge in [-0.1, -0.05) is 35.9 Å². The highest BCUT2D eigenvalue weighted by Crippen LogP contribution is 2.33. The summed E-state index contributed by atoms with van der Waals surface area (Å²) in [6.07, 6.45) is 10.0. The minimum Gasteiger partial charge on any atom is -0.356 e. The Hall–Kier alpha value is -1.04. The number of fused-ring (bicyclic) bond motifs is 1. The van der Waals surface area contributed by atoms with E-state index in [4.69, 9.17) is 0 Å². The first-order valence-corrected chi connectivity index (χ1v) is 8.57. The lowest BCUT2D eigenvalue weighted by Gasteiger charge is -2.30. The Morgan fingerprint density at radius 1 is 1.22 bits per heavy atom. The van der Waals surface area contributed by atoms with Gasteiger partial charge in [0.1, 0.15) is 0 Å². The van der Waals surface area contributed by atoms with Gasteiger partial charge in [0.15, 0.2) is 5.96 Å². The molecule has 0 spiro atoms. The summed E-state index contributed by atoms with van der Waals surface area (Å²) in [7, 11) is 1.85. The lowest BCUT2D eigenvalue weighted by Crippen LogP contribution is -2.41. The second-order valence-electron chi connectivity index (χ2n) is 6.34. The van der Waals surface area contributed by atoms with E-state index in [1.807, 2.05) is 7.05 Å². The summed E-state index contributed by atoms with van der Waals surface area (Å²) in [5, 5.41) is 6.91. The van der Waals surface area contributed by atoms with Gasteiger partial charge in [0.2, 0.25) is 0 Å². The van der Waals surface area contributed by atoms with Crippen molar-refractivity contribution in [3.05, 3.63) is 47.0 Å². The van der Waals surface area contributed by atoms with Gasteiger partial charge in [-0.05, 0) is 49.7 Å². The van der Waals surface area contributed by atoms with Crippen molar-refractivity contribution in [3.8, 4) is 0 Å². The zero-order valence-corrected chi connectivity index (χ0v) is 16.3. The van der Waals surface area contributed by atoms with Gasteiger partial charge in [-0.3, -0.25) is 4.99 Å². The number of benzene rings is 1. The van der Waals surface area contributed by atoms with Gasteiger partial charge >= 0.3 is 0 Å². The number of guanidine groups is 1. The molecule has 1 aromatic carbocycles. The van der Waals surface area contributed by atoms with E-state index in [0.29, 0.717) is 5.92 Å². The Morgan fingerprint density at radius 3 is 2.83 bits per heavy atom. The van der Waals surface area contributed by atoms with Gasteiger partial charge in [0, 0.05) is 26.1 Å². The van der Waals surface area contributed by atoms with Crippen LogP contribution in [0.3, 0.4) is 0 Å². The molecule has 1 aromatic rings. The van der Waals surface area contributed by atoms with Gasteiger partial charge < -0.3 is 10.6 Å². The second kappa shape index (κ2) is 9.30. The molecule has 0 heterocycles. The highest BCUT2D eigenvalue weighted by Gasteiger charge is 2.25. The van der Waals surface area contributed by atoms with Crippen molar-refractivity contribution < 1.29 is 0 Å². The van der Waals surface area contributed by atoms with Crippen LogP contribution in [-0.4, -0.2) is 26.1 Å². The van der Waals surface area contributed by atoms with E-state index in [9.17, 15) is 0 Å². The first-order chi connectivity index (χ1) is 10.9. The Labute approximate surface area is 157 Å². The molecule has 2 aliphatic carbocycles. The molecule has 3 rings (SSSR count). The maximum atomic E-state index is 4.33. The summed E-state index contributed by atoms with van der Waals surface area (Å²) < 4.78 is 0. The van der Waals surface area contributed by atoms with E-state index in [0.717, 1.165) is 25.5 Å². The molecule has 1 unspecified atom stereocenters. The molecule has 0 amide bonds.